The third-order valence-corrected chi connectivity index (χ3v) is 4.13. The molecule has 1 aliphatic rings. The third kappa shape index (κ3) is 1.86. The Morgan fingerprint density at radius 2 is 1.48 bits per heavy atom. The molecule has 0 bridgehead atoms. The highest BCUT2D eigenvalue weighted by Crippen LogP contribution is 2.40. The highest BCUT2D eigenvalue weighted by molar-refractivity contribution is 6.47. The molecule has 2 aromatic carbocycles. The van der Waals surface area contributed by atoms with Crippen molar-refractivity contribution in [2.24, 2.45) is 0 Å². The number of carbonyl (C=O) groups is 2. The summed E-state index contributed by atoms with van der Waals surface area (Å²) in [5.41, 5.74) is -0.277. The molecule has 1 aliphatic carbocycles. The van der Waals surface area contributed by atoms with Crippen molar-refractivity contribution in [1.82, 2.24) is 0 Å². The summed E-state index contributed by atoms with van der Waals surface area (Å²) in [7, 11) is 0. The summed E-state index contributed by atoms with van der Waals surface area (Å²) in [6.45, 7) is 0. The molecule has 0 unspecified atom stereocenters. The lowest BCUT2D eigenvalue weighted by molar-refractivity contribution is -0.384. The van der Waals surface area contributed by atoms with Crippen LogP contribution < -0.4 is 0 Å². The van der Waals surface area contributed by atoms with Gasteiger partial charge in [-0.15, -0.1) is 0 Å². The summed E-state index contributed by atoms with van der Waals surface area (Å²) >= 11 is 11.8. The Balaban J connectivity index is 2.38. The molecule has 0 fully saturated rings. The summed E-state index contributed by atoms with van der Waals surface area (Å²) in [5, 5.41) is 10.3. The van der Waals surface area contributed by atoms with Crippen LogP contribution in [0.15, 0.2) is 30.3 Å². The molecule has 5 nitrogen and oxygen atoms in total. The van der Waals surface area contributed by atoms with E-state index < -0.39 is 22.2 Å². The van der Waals surface area contributed by atoms with Gasteiger partial charge < -0.3 is 0 Å². The summed E-state index contributed by atoms with van der Waals surface area (Å²) < 4.78 is 0. The number of halogens is 2. The first kappa shape index (κ1) is 13.7. The van der Waals surface area contributed by atoms with Gasteiger partial charge in [0.25, 0.3) is 5.69 Å². The summed E-state index contributed by atoms with van der Waals surface area (Å²) in [5.74, 6) is -0.955. The number of ketones is 2. The van der Waals surface area contributed by atoms with Gasteiger partial charge >= 0.3 is 0 Å². The van der Waals surface area contributed by atoms with E-state index in [1.807, 2.05) is 0 Å². The lowest BCUT2D eigenvalue weighted by atomic mass is 9.84. The summed E-state index contributed by atoms with van der Waals surface area (Å²) in [6, 6.07) is 7.23. The smallest absolute Gasteiger partial charge is 0.289 e. The fraction of sp³-hybridized carbons (Fsp3) is 0. The first-order valence-electron chi connectivity index (χ1n) is 5.78. The van der Waals surface area contributed by atoms with Gasteiger partial charge in [-0.05, 0) is 0 Å². The first-order chi connectivity index (χ1) is 9.93. The number of rotatable bonds is 1. The van der Waals surface area contributed by atoms with Crippen LogP contribution in [0.4, 0.5) is 5.69 Å². The van der Waals surface area contributed by atoms with Gasteiger partial charge in [-0.25, -0.2) is 0 Å². The van der Waals surface area contributed by atoms with Crippen molar-refractivity contribution in [3.05, 3.63) is 72.7 Å². The second kappa shape index (κ2) is 4.65. The Morgan fingerprint density at radius 1 is 0.905 bits per heavy atom. The van der Waals surface area contributed by atoms with Crippen LogP contribution in [0.2, 0.25) is 10.0 Å². The van der Waals surface area contributed by atoms with Crippen molar-refractivity contribution in [3.8, 4) is 0 Å². The van der Waals surface area contributed by atoms with E-state index in [-0.39, 0.29) is 32.3 Å². The van der Waals surface area contributed by atoms with Crippen LogP contribution in [0.5, 0.6) is 0 Å². The van der Waals surface area contributed by atoms with Crippen molar-refractivity contribution in [3.63, 3.8) is 0 Å². The Labute approximate surface area is 128 Å². The number of fused-ring (bicyclic) bond motifs is 2. The molecule has 7 heteroatoms. The molecule has 0 aliphatic heterocycles. The van der Waals surface area contributed by atoms with Crippen LogP contribution in [-0.4, -0.2) is 16.5 Å². The Bertz CT molecular complexity index is 845. The standard InChI is InChI=1S/C14H5Cl2NO4/c15-11-9(17(20)21)5-8-10(12(11)16)14(19)7-4-2-1-3-6(7)13(8)18/h1-5H. The highest BCUT2D eigenvalue weighted by Gasteiger charge is 2.35. The second-order valence-electron chi connectivity index (χ2n) is 4.41. The number of nitro groups is 1. The van der Waals surface area contributed by atoms with Crippen LogP contribution in [0.25, 0.3) is 0 Å². The zero-order chi connectivity index (χ0) is 15.3. The van der Waals surface area contributed by atoms with Crippen LogP contribution in [-0.2, 0) is 0 Å². The lowest BCUT2D eigenvalue weighted by Crippen LogP contribution is -2.21. The van der Waals surface area contributed by atoms with Gasteiger partial charge in [0.05, 0.1) is 15.5 Å². The monoisotopic (exact) mass is 321 g/mol. The third-order valence-electron chi connectivity index (χ3n) is 3.27. The molecule has 104 valence electrons. The van der Waals surface area contributed by atoms with Crippen molar-refractivity contribution in [2.75, 3.05) is 0 Å². The van der Waals surface area contributed by atoms with Gasteiger partial charge in [0.15, 0.2) is 11.6 Å². The van der Waals surface area contributed by atoms with E-state index in [0.29, 0.717) is 0 Å². The second-order valence-corrected chi connectivity index (χ2v) is 5.16. The maximum absolute atomic E-state index is 12.4. The summed E-state index contributed by atoms with van der Waals surface area (Å²) in [4.78, 5) is 35.1. The topological polar surface area (TPSA) is 77.3 Å². The molecule has 3 rings (SSSR count). The molecule has 0 aromatic heterocycles. The maximum Gasteiger partial charge on any atom is 0.290 e. The molecular weight excluding hydrogens is 317 g/mol. The number of nitro benzene ring substituents is 1. The summed E-state index contributed by atoms with van der Waals surface area (Å²) in [6.07, 6.45) is 0. The Morgan fingerprint density at radius 3 is 2.05 bits per heavy atom. The number of hydrogen-bond donors (Lipinski definition) is 0. The minimum Gasteiger partial charge on any atom is -0.289 e. The van der Waals surface area contributed by atoms with Gasteiger partial charge in [-0.3, -0.25) is 19.7 Å². The number of benzene rings is 2. The van der Waals surface area contributed by atoms with Gasteiger partial charge in [0, 0.05) is 22.8 Å². The molecule has 2 aromatic rings. The molecule has 0 saturated heterocycles. The van der Waals surface area contributed by atoms with Crippen LogP contribution in [0.3, 0.4) is 0 Å². The van der Waals surface area contributed by atoms with Crippen LogP contribution >= 0.6 is 23.2 Å². The average Bonchev–Trinajstić information content (AvgIpc) is 2.47. The van der Waals surface area contributed by atoms with Crippen LogP contribution in [0, 0.1) is 10.1 Å². The fourth-order valence-corrected chi connectivity index (χ4v) is 2.81. The van der Waals surface area contributed by atoms with Gasteiger partial charge in [0.2, 0.25) is 0 Å². The predicted molar refractivity (Wildman–Crippen MR) is 76.4 cm³/mol. The lowest BCUT2D eigenvalue weighted by Gasteiger charge is -2.18. The zero-order valence-electron chi connectivity index (χ0n) is 10.2. The minimum absolute atomic E-state index is 0.0871. The van der Waals surface area contributed by atoms with E-state index in [9.17, 15) is 19.7 Å². The maximum atomic E-state index is 12.4. The molecule has 0 spiro atoms. The van der Waals surface area contributed by atoms with Crippen molar-refractivity contribution in [2.45, 2.75) is 0 Å². The largest absolute Gasteiger partial charge is 0.290 e. The van der Waals surface area contributed by atoms with Crippen molar-refractivity contribution >= 4 is 40.5 Å². The molecular formula is C14H5Cl2NO4. The zero-order valence-corrected chi connectivity index (χ0v) is 11.7. The van der Waals surface area contributed by atoms with E-state index in [1.54, 1.807) is 12.1 Å². The Hall–Kier alpha value is -2.24. The molecule has 0 atom stereocenters. The average molecular weight is 322 g/mol. The van der Waals surface area contributed by atoms with Gasteiger partial charge in [-0.2, -0.15) is 0 Å². The number of nitrogens with zero attached hydrogens (tertiary/aromatic N) is 1. The van der Waals surface area contributed by atoms with E-state index in [4.69, 9.17) is 23.2 Å². The van der Waals surface area contributed by atoms with E-state index >= 15 is 0 Å². The quantitative estimate of drug-likeness (QED) is 0.506. The number of carbonyl (C=O) groups excluding carboxylic acids is 2. The first-order valence-corrected chi connectivity index (χ1v) is 6.54. The molecule has 0 N–H and O–H groups in total. The van der Waals surface area contributed by atoms with Crippen molar-refractivity contribution < 1.29 is 14.5 Å². The van der Waals surface area contributed by atoms with Crippen LogP contribution in [0.1, 0.15) is 31.8 Å². The minimum atomic E-state index is -0.743. The normalized spacial score (nSPS) is 12.9. The molecule has 0 saturated carbocycles. The van der Waals surface area contributed by atoms with Crippen molar-refractivity contribution in [1.29, 1.82) is 0 Å². The molecule has 21 heavy (non-hydrogen) atoms. The fourth-order valence-electron chi connectivity index (χ4n) is 2.31. The highest BCUT2D eigenvalue weighted by atomic mass is 35.5. The predicted octanol–water partition coefficient (Wildman–Crippen LogP) is 3.68. The van der Waals surface area contributed by atoms with E-state index in [0.717, 1.165) is 6.07 Å². The van der Waals surface area contributed by atoms with E-state index in [2.05, 4.69) is 0 Å². The van der Waals surface area contributed by atoms with Gasteiger partial charge in [0.1, 0.15) is 5.02 Å². The van der Waals surface area contributed by atoms with E-state index in [1.165, 1.54) is 12.1 Å². The van der Waals surface area contributed by atoms with Gasteiger partial charge in [-0.1, -0.05) is 47.5 Å². The Kier molecular flexibility index (Phi) is 3.04. The molecule has 0 heterocycles. The SMILES string of the molecule is O=C1c2ccccc2C(=O)c2c1cc([N+](=O)[O-])c(Cl)c2Cl. The number of hydrogen-bond acceptors (Lipinski definition) is 4. The molecule has 0 amide bonds. The molecule has 0 radical (unpaired) electrons.